The van der Waals surface area contributed by atoms with E-state index in [4.69, 9.17) is 5.11 Å². The lowest BCUT2D eigenvalue weighted by Gasteiger charge is -2.16. The number of hydrogen-bond donors (Lipinski definition) is 1. The molecule has 17 heavy (non-hydrogen) atoms. The van der Waals surface area contributed by atoms with Crippen molar-refractivity contribution in [2.24, 2.45) is 5.92 Å². The average molecular weight is 230 g/mol. The summed E-state index contributed by atoms with van der Waals surface area (Å²) in [5.74, 6) is -0.414. The second-order valence-corrected chi connectivity index (χ2v) is 4.73. The molecule has 0 unspecified atom stereocenters. The first-order valence-corrected chi connectivity index (χ1v) is 6.19. The smallest absolute Gasteiger partial charge is 0.328 e. The molecule has 0 saturated heterocycles. The van der Waals surface area contributed by atoms with Gasteiger partial charge in [-0.25, -0.2) is 4.79 Å². The van der Waals surface area contributed by atoms with Gasteiger partial charge in [0, 0.05) is 6.08 Å². The maximum Gasteiger partial charge on any atom is 0.328 e. The lowest BCUT2D eigenvalue weighted by atomic mass is 9.88. The van der Waals surface area contributed by atoms with Crippen LogP contribution in [0.25, 0.3) is 5.57 Å². The second kappa shape index (κ2) is 5.17. The number of allylic oxidation sites excluding steroid dienone is 1. The van der Waals surface area contributed by atoms with Crippen LogP contribution in [0.3, 0.4) is 0 Å². The lowest BCUT2D eigenvalue weighted by Crippen LogP contribution is -2.03. The first-order chi connectivity index (χ1) is 8.18. The van der Waals surface area contributed by atoms with Crippen molar-refractivity contribution in [2.75, 3.05) is 0 Å². The van der Waals surface area contributed by atoms with E-state index in [1.165, 1.54) is 18.9 Å². The Kier molecular flexibility index (Phi) is 3.62. The number of rotatable bonds is 3. The minimum atomic E-state index is -0.838. The first kappa shape index (κ1) is 11.9. The molecular weight excluding hydrogens is 212 g/mol. The molecule has 1 aromatic carbocycles. The third-order valence-electron chi connectivity index (χ3n) is 3.53. The Balaban J connectivity index is 2.40. The Hall–Kier alpha value is -1.57. The number of hydrogen-bond acceptors (Lipinski definition) is 1. The topological polar surface area (TPSA) is 37.3 Å². The van der Waals surface area contributed by atoms with E-state index in [9.17, 15) is 4.79 Å². The van der Waals surface area contributed by atoms with Gasteiger partial charge in [-0.2, -0.15) is 0 Å². The highest BCUT2D eigenvalue weighted by atomic mass is 16.4. The van der Waals surface area contributed by atoms with Gasteiger partial charge in [0.25, 0.3) is 0 Å². The minimum Gasteiger partial charge on any atom is -0.478 e. The molecule has 1 fully saturated rings. The standard InChI is InChI=1S/C15H18O2/c1-11-6-2-5-9-13(11)14(10-15(16)17)12-7-3-4-8-12/h2,5-6,9-10,12H,3-4,7-8H2,1H3,(H,16,17)/b14-10+. The fraction of sp³-hybridized carbons (Fsp3) is 0.400. The maximum atomic E-state index is 11.0. The minimum absolute atomic E-state index is 0.423. The van der Waals surface area contributed by atoms with E-state index in [2.05, 4.69) is 0 Å². The number of aliphatic carboxylic acids is 1. The van der Waals surface area contributed by atoms with Gasteiger partial charge in [-0.3, -0.25) is 0 Å². The summed E-state index contributed by atoms with van der Waals surface area (Å²) in [7, 11) is 0. The van der Waals surface area contributed by atoms with E-state index in [1.807, 2.05) is 31.2 Å². The predicted octanol–water partition coefficient (Wildman–Crippen LogP) is 3.65. The van der Waals surface area contributed by atoms with E-state index in [-0.39, 0.29) is 0 Å². The Morgan fingerprint density at radius 2 is 1.94 bits per heavy atom. The molecule has 2 nitrogen and oxygen atoms in total. The van der Waals surface area contributed by atoms with Crippen molar-refractivity contribution in [2.45, 2.75) is 32.6 Å². The first-order valence-electron chi connectivity index (χ1n) is 6.19. The summed E-state index contributed by atoms with van der Waals surface area (Å²) in [5.41, 5.74) is 3.27. The Bertz CT molecular complexity index is 440. The quantitative estimate of drug-likeness (QED) is 0.805. The lowest BCUT2D eigenvalue weighted by molar-refractivity contribution is -0.131. The zero-order valence-corrected chi connectivity index (χ0v) is 10.1. The molecule has 2 heteroatoms. The average Bonchev–Trinajstić information content (AvgIpc) is 2.80. The van der Waals surface area contributed by atoms with Crippen LogP contribution in [0.5, 0.6) is 0 Å². The van der Waals surface area contributed by atoms with Gasteiger partial charge >= 0.3 is 5.97 Å². The molecule has 0 atom stereocenters. The Labute approximate surface area is 102 Å². The zero-order valence-electron chi connectivity index (χ0n) is 10.1. The van der Waals surface area contributed by atoms with Gasteiger partial charge in [0.1, 0.15) is 0 Å². The van der Waals surface area contributed by atoms with E-state index in [1.54, 1.807) is 0 Å². The molecule has 90 valence electrons. The molecule has 0 spiro atoms. The van der Waals surface area contributed by atoms with Gasteiger partial charge < -0.3 is 5.11 Å². The molecule has 1 aromatic rings. The van der Waals surface area contributed by atoms with E-state index >= 15 is 0 Å². The van der Waals surface area contributed by atoms with Crippen LogP contribution >= 0.6 is 0 Å². The van der Waals surface area contributed by atoms with Gasteiger partial charge in [0.05, 0.1) is 0 Å². The third-order valence-corrected chi connectivity index (χ3v) is 3.53. The molecule has 0 bridgehead atoms. The van der Waals surface area contributed by atoms with Crippen LogP contribution in [-0.2, 0) is 4.79 Å². The van der Waals surface area contributed by atoms with E-state index < -0.39 is 5.97 Å². The third kappa shape index (κ3) is 2.76. The molecule has 0 radical (unpaired) electrons. The number of carbonyl (C=O) groups is 1. The predicted molar refractivity (Wildman–Crippen MR) is 68.7 cm³/mol. The van der Waals surface area contributed by atoms with Crippen LogP contribution in [0.1, 0.15) is 36.8 Å². The van der Waals surface area contributed by atoms with Crippen LogP contribution in [0.2, 0.25) is 0 Å². The molecule has 0 heterocycles. The molecule has 1 saturated carbocycles. The number of aryl methyl sites for hydroxylation is 1. The van der Waals surface area contributed by atoms with Crippen molar-refractivity contribution in [3.05, 3.63) is 41.5 Å². The van der Waals surface area contributed by atoms with Crippen molar-refractivity contribution in [3.8, 4) is 0 Å². The number of carboxylic acid groups (broad SMARTS) is 1. The number of benzene rings is 1. The highest BCUT2D eigenvalue weighted by molar-refractivity contribution is 5.91. The summed E-state index contributed by atoms with van der Waals surface area (Å²) >= 11 is 0. The Morgan fingerprint density at radius 1 is 1.29 bits per heavy atom. The monoisotopic (exact) mass is 230 g/mol. The van der Waals surface area contributed by atoms with Gasteiger partial charge in [0.2, 0.25) is 0 Å². The van der Waals surface area contributed by atoms with Crippen LogP contribution in [-0.4, -0.2) is 11.1 Å². The van der Waals surface area contributed by atoms with Crippen molar-refractivity contribution in [3.63, 3.8) is 0 Å². The van der Waals surface area contributed by atoms with Crippen molar-refractivity contribution in [1.82, 2.24) is 0 Å². The summed E-state index contributed by atoms with van der Waals surface area (Å²) < 4.78 is 0. The summed E-state index contributed by atoms with van der Waals surface area (Å²) in [6.07, 6.45) is 6.07. The van der Waals surface area contributed by atoms with Crippen molar-refractivity contribution in [1.29, 1.82) is 0 Å². The van der Waals surface area contributed by atoms with Crippen molar-refractivity contribution >= 4 is 11.5 Å². The molecule has 1 aliphatic carbocycles. The van der Waals surface area contributed by atoms with Crippen LogP contribution in [0.4, 0.5) is 0 Å². The number of carboxylic acids is 1. The summed E-state index contributed by atoms with van der Waals surface area (Å²) in [5, 5.41) is 9.02. The summed E-state index contributed by atoms with van der Waals surface area (Å²) in [4.78, 5) is 11.0. The highest BCUT2D eigenvalue weighted by Gasteiger charge is 2.22. The van der Waals surface area contributed by atoms with Crippen LogP contribution in [0.15, 0.2) is 30.3 Å². The SMILES string of the molecule is Cc1ccccc1/C(=C/C(=O)O)C1CCCC1. The van der Waals surface area contributed by atoms with Gasteiger partial charge in [-0.05, 0) is 42.4 Å². The molecule has 2 rings (SSSR count). The molecular formula is C15H18O2. The van der Waals surface area contributed by atoms with Gasteiger partial charge in [0.15, 0.2) is 0 Å². The van der Waals surface area contributed by atoms with Crippen molar-refractivity contribution < 1.29 is 9.90 Å². The Morgan fingerprint density at radius 3 is 2.53 bits per heavy atom. The van der Waals surface area contributed by atoms with Gasteiger partial charge in [-0.1, -0.05) is 37.1 Å². The summed E-state index contributed by atoms with van der Waals surface area (Å²) in [6, 6.07) is 8.04. The fourth-order valence-corrected chi connectivity index (χ4v) is 2.68. The molecule has 0 aromatic heterocycles. The molecule has 0 aliphatic heterocycles. The normalized spacial score (nSPS) is 17.4. The maximum absolute atomic E-state index is 11.0. The van der Waals surface area contributed by atoms with Crippen LogP contribution in [0, 0.1) is 12.8 Å². The van der Waals surface area contributed by atoms with Gasteiger partial charge in [-0.15, -0.1) is 0 Å². The highest BCUT2D eigenvalue weighted by Crippen LogP contribution is 2.37. The molecule has 1 N–H and O–H groups in total. The van der Waals surface area contributed by atoms with E-state index in [0.29, 0.717) is 5.92 Å². The van der Waals surface area contributed by atoms with E-state index in [0.717, 1.165) is 29.5 Å². The summed E-state index contributed by atoms with van der Waals surface area (Å²) in [6.45, 7) is 2.04. The second-order valence-electron chi connectivity index (χ2n) is 4.73. The molecule has 1 aliphatic rings. The molecule has 0 amide bonds. The zero-order chi connectivity index (χ0) is 12.3. The fourth-order valence-electron chi connectivity index (χ4n) is 2.68. The van der Waals surface area contributed by atoms with Crippen LogP contribution < -0.4 is 0 Å². The largest absolute Gasteiger partial charge is 0.478 e.